The quantitative estimate of drug-likeness (QED) is 0.840. The van der Waals surface area contributed by atoms with Crippen LogP contribution in [0.3, 0.4) is 0 Å². The molecule has 2 fully saturated rings. The number of benzene rings is 2. The summed E-state index contributed by atoms with van der Waals surface area (Å²) in [4.78, 5) is 14.1. The zero-order chi connectivity index (χ0) is 16.7. The molecule has 2 atom stereocenters. The molecule has 2 aromatic rings. The maximum atomic E-state index is 14.5. The third-order valence-corrected chi connectivity index (χ3v) is 5.30. The Kier molecular flexibility index (Phi) is 3.93. The van der Waals surface area contributed by atoms with E-state index in [2.05, 4.69) is 4.90 Å². The highest BCUT2D eigenvalue weighted by Gasteiger charge is 2.45. The summed E-state index contributed by atoms with van der Waals surface area (Å²) in [6, 6.07) is 12.8. The second-order valence-corrected chi connectivity index (χ2v) is 6.72. The van der Waals surface area contributed by atoms with Gasteiger partial charge in [0.25, 0.3) is 0 Å². The zero-order valence-corrected chi connectivity index (χ0v) is 13.3. The van der Waals surface area contributed by atoms with Crippen molar-refractivity contribution in [2.24, 2.45) is 0 Å². The Morgan fingerprint density at radius 3 is 1.75 bits per heavy atom. The van der Waals surface area contributed by atoms with Crippen molar-refractivity contribution >= 4 is 5.78 Å². The molecule has 2 nitrogen and oxygen atoms in total. The van der Waals surface area contributed by atoms with E-state index in [0.29, 0.717) is 24.0 Å². The van der Waals surface area contributed by atoms with Crippen molar-refractivity contribution < 1.29 is 13.6 Å². The second kappa shape index (κ2) is 6.10. The molecule has 2 saturated heterocycles. The average molecular weight is 327 g/mol. The molecule has 2 aliphatic heterocycles. The Labute approximate surface area is 140 Å². The van der Waals surface area contributed by atoms with Gasteiger partial charge in [0.1, 0.15) is 17.4 Å². The molecular weight excluding hydrogens is 308 g/mol. The minimum absolute atomic E-state index is 0.0699. The van der Waals surface area contributed by atoms with Crippen LogP contribution in [0.25, 0.3) is 0 Å². The van der Waals surface area contributed by atoms with E-state index >= 15 is 0 Å². The number of Topliss-reactive ketones (excluding diaryl/α,β-unsaturated/α-hetero) is 1. The van der Waals surface area contributed by atoms with Crippen molar-refractivity contribution in [3.63, 3.8) is 0 Å². The highest BCUT2D eigenvalue weighted by molar-refractivity contribution is 5.81. The predicted octanol–water partition coefficient (Wildman–Crippen LogP) is 4.25. The summed E-state index contributed by atoms with van der Waals surface area (Å²) in [6.45, 7) is 0. The zero-order valence-electron chi connectivity index (χ0n) is 13.3. The van der Waals surface area contributed by atoms with Gasteiger partial charge in [0.05, 0.1) is 6.04 Å². The van der Waals surface area contributed by atoms with Crippen molar-refractivity contribution in [3.8, 4) is 0 Å². The summed E-state index contributed by atoms with van der Waals surface area (Å²) >= 11 is 0. The van der Waals surface area contributed by atoms with Gasteiger partial charge >= 0.3 is 0 Å². The van der Waals surface area contributed by atoms with Crippen molar-refractivity contribution in [1.29, 1.82) is 0 Å². The molecule has 2 aliphatic rings. The van der Waals surface area contributed by atoms with Crippen LogP contribution >= 0.6 is 0 Å². The Morgan fingerprint density at radius 1 is 0.833 bits per heavy atom. The van der Waals surface area contributed by atoms with E-state index in [4.69, 9.17) is 0 Å². The highest BCUT2D eigenvalue weighted by Crippen LogP contribution is 2.44. The minimum atomic E-state index is -0.488. The third-order valence-electron chi connectivity index (χ3n) is 5.30. The molecule has 0 radical (unpaired) electrons. The molecule has 2 heterocycles. The van der Waals surface area contributed by atoms with Crippen LogP contribution in [0, 0.1) is 11.6 Å². The van der Waals surface area contributed by atoms with E-state index in [9.17, 15) is 13.6 Å². The number of carbonyl (C=O) groups is 1. The molecule has 0 aliphatic carbocycles. The first-order chi connectivity index (χ1) is 11.6. The smallest absolute Gasteiger partial charge is 0.136 e. The Hall–Kier alpha value is -2.07. The fourth-order valence-corrected chi connectivity index (χ4v) is 4.31. The first kappa shape index (κ1) is 15.5. The van der Waals surface area contributed by atoms with Crippen molar-refractivity contribution in [3.05, 3.63) is 71.3 Å². The molecule has 124 valence electrons. The normalized spacial score (nSPS) is 23.9. The Balaban J connectivity index is 1.85. The number of rotatable bonds is 3. The summed E-state index contributed by atoms with van der Waals surface area (Å²) in [6.07, 6.45) is 2.79. The lowest BCUT2D eigenvalue weighted by Gasteiger charge is -2.40. The number of piperidine rings is 1. The van der Waals surface area contributed by atoms with Crippen molar-refractivity contribution in [2.75, 3.05) is 0 Å². The summed E-state index contributed by atoms with van der Waals surface area (Å²) in [5.41, 5.74) is 0.961. The van der Waals surface area contributed by atoms with Crippen LogP contribution in [0.1, 0.15) is 42.9 Å². The van der Waals surface area contributed by atoms with Crippen LogP contribution in [-0.4, -0.2) is 22.8 Å². The fourth-order valence-electron chi connectivity index (χ4n) is 4.31. The Morgan fingerprint density at radius 2 is 1.29 bits per heavy atom. The lowest BCUT2D eigenvalue weighted by Crippen LogP contribution is -2.46. The largest absolute Gasteiger partial charge is 0.300 e. The molecule has 0 saturated carbocycles. The molecule has 0 amide bonds. The summed E-state index contributed by atoms with van der Waals surface area (Å²) in [5, 5.41) is 0. The molecule has 2 aromatic carbocycles. The molecule has 4 rings (SSSR count). The summed E-state index contributed by atoms with van der Waals surface area (Å²) < 4.78 is 29.1. The molecule has 24 heavy (non-hydrogen) atoms. The van der Waals surface area contributed by atoms with Gasteiger partial charge < -0.3 is 0 Å². The van der Waals surface area contributed by atoms with Crippen LogP contribution < -0.4 is 0 Å². The van der Waals surface area contributed by atoms with E-state index in [-0.39, 0.29) is 29.5 Å². The van der Waals surface area contributed by atoms with E-state index in [1.54, 1.807) is 36.4 Å². The number of fused-ring (bicyclic) bond motifs is 2. The predicted molar refractivity (Wildman–Crippen MR) is 87.5 cm³/mol. The highest BCUT2D eigenvalue weighted by atomic mass is 19.1. The standard InChI is InChI=1S/C20H19F2NO/c21-18-7-3-1-5-16(18)20(17-6-2-4-8-19(17)22)23-13-9-10-14(23)12-15(24)11-13/h1-8,13-14,20H,9-12H2. The fraction of sp³-hybridized carbons (Fsp3) is 0.350. The van der Waals surface area contributed by atoms with E-state index in [0.717, 1.165) is 12.8 Å². The van der Waals surface area contributed by atoms with Crippen LogP contribution in [0.2, 0.25) is 0 Å². The third kappa shape index (κ3) is 2.55. The Bertz CT molecular complexity index is 714. The van der Waals surface area contributed by atoms with Gasteiger partial charge in [0, 0.05) is 36.1 Å². The lowest BCUT2D eigenvalue weighted by molar-refractivity contribution is -0.124. The van der Waals surface area contributed by atoms with E-state index in [1.165, 1.54) is 12.1 Å². The lowest BCUT2D eigenvalue weighted by atomic mass is 9.90. The summed E-state index contributed by atoms with van der Waals surface area (Å²) in [5.74, 6) is -0.399. The topological polar surface area (TPSA) is 20.3 Å². The van der Waals surface area contributed by atoms with Crippen molar-refractivity contribution in [1.82, 2.24) is 4.90 Å². The first-order valence-corrected chi connectivity index (χ1v) is 8.43. The molecule has 2 bridgehead atoms. The van der Waals surface area contributed by atoms with E-state index in [1.807, 2.05) is 0 Å². The molecule has 4 heteroatoms. The number of hydrogen-bond donors (Lipinski definition) is 0. The maximum absolute atomic E-state index is 14.5. The molecular formula is C20H19F2NO. The number of nitrogens with zero attached hydrogens (tertiary/aromatic N) is 1. The van der Waals surface area contributed by atoms with Crippen LogP contribution in [0.4, 0.5) is 8.78 Å². The number of hydrogen-bond acceptors (Lipinski definition) is 2. The average Bonchev–Trinajstić information content (AvgIpc) is 2.82. The SMILES string of the molecule is O=C1CC2CCC(C1)N2C(c1ccccc1F)c1ccccc1F. The van der Waals surface area contributed by atoms with Crippen LogP contribution in [-0.2, 0) is 4.79 Å². The van der Waals surface area contributed by atoms with Gasteiger partial charge in [-0.25, -0.2) is 8.78 Å². The number of ketones is 1. The van der Waals surface area contributed by atoms with Gasteiger partial charge in [-0.3, -0.25) is 9.69 Å². The first-order valence-electron chi connectivity index (χ1n) is 8.43. The molecule has 0 N–H and O–H groups in total. The van der Waals surface area contributed by atoms with Crippen LogP contribution in [0.15, 0.2) is 48.5 Å². The van der Waals surface area contributed by atoms with Gasteiger partial charge in [-0.1, -0.05) is 36.4 Å². The molecule has 0 spiro atoms. The van der Waals surface area contributed by atoms with Gasteiger partial charge in [-0.05, 0) is 25.0 Å². The molecule has 2 unspecified atom stereocenters. The van der Waals surface area contributed by atoms with E-state index < -0.39 is 6.04 Å². The summed E-state index contributed by atoms with van der Waals surface area (Å²) in [7, 11) is 0. The second-order valence-electron chi connectivity index (χ2n) is 6.72. The maximum Gasteiger partial charge on any atom is 0.136 e. The van der Waals surface area contributed by atoms with Gasteiger partial charge in [0.15, 0.2) is 0 Å². The van der Waals surface area contributed by atoms with Crippen LogP contribution in [0.5, 0.6) is 0 Å². The minimum Gasteiger partial charge on any atom is -0.300 e. The van der Waals surface area contributed by atoms with Gasteiger partial charge in [-0.2, -0.15) is 0 Å². The molecule has 0 aromatic heterocycles. The number of halogens is 2. The monoisotopic (exact) mass is 327 g/mol. The van der Waals surface area contributed by atoms with Gasteiger partial charge in [-0.15, -0.1) is 0 Å². The number of carbonyl (C=O) groups excluding carboxylic acids is 1. The van der Waals surface area contributed by atoms with Gasteiger partial charge in [0.2, 0.25) is 0 Å². The van der Waals surface area contributed by atoms with Crippen molar-refractivity contribution in [2.45, 2.75) is 43.8 Å².